The zero-order valence-electron chi connectivity index (χ0n) is 36.5. The van der Waals surface area contributed by atoms with E-state index < -0.39 is 56.2 Å². The summed E-state index contributed by atoms with van der Waals surface area (Å²) in [4.78, 5) is 22.3. The first-order valence-electron chi connectivity index (χ1n) is 20.0. The minimum Gasteiger partial charge on any atom is -0.464 e. The van der Waals surface area contributed by atoms with Gasteiger partial charge in [0.1, 0.15) is 17.4 Å². The third-order valence-electron chi connectivity index (χ3n) is 9.82. The lowest BCUT2D eigenvalue weighted by molar-refractivity contribution is -0.127. The average molecular weight is 918 g/mol. The summed E-state index contributed by atoms with van der Waals surface area (Å²) >= 11 is 0. The number of nitrogens with one attached hydrogen (secondary N) is 2. The fourth-order valence-electron chi connectivity index (χ4n) is 6.25. The van der Waals surface area contributed by atoms with E-state index in [0.717, 1.165) is 28.5 Å². The van der Waals surface area contributed by atoms with Gasteiger partial charge in [0.2, 0.25) is 0 Å². The quantitative estimate of drug-likeness (QED) is 0.0336. The topological polar surface area (TPSA) is 150 Å². The van der Waals surface area contributed by atoms with Crippen LogP contribution in [0.3, 0.4) is 0 Å². The van der Waals surface area contributed by atoms with Crippen LogP contribution in [-0.4, -0.2) is 90.5 Å². The number of pyridine rings is 2. The summed E-state index contributed by atoms with van der Waals surface area (Å²) < 4.78 is 106. The van der Waals surface area contributed by atoms with Crippen LogP contribution in [0.2, 0.25) is 51.4 Å². The maximum absolute atomic E-state index is 15.9. The average Bonchev–Trinajstić information content (AvgIpc) is 3.56. The molecule has 5 aromatic rings. The summed E-state index contributed by atoms with van der Waals surface area (Å²) in [6, 6.07) is 14.8. The van der Waals surface area contributed by atoms with Crippen LogP contribution in [-0.2, 0) is 39.2 Å². The number of rotatable bonds is 20. The smallest absolute Gasteiger partial charge is 0.393 e. The molecule has 5 rings (SSSR count). The lowest BCUT2D eigenvalue weighted by atomic mass is 9.99. The van der Waals surface area contributed by atoms with Crippen molar-refractivity contribution in [2.75, 3.05) is 43.7 Å². The first-order chi connectivity index (χ1) is 29.0. The van der Waals surface area contributed by atoms with Gasteiger partial charge in [-0.2, -0.15) is 18.3 Å². The molecule has 0 spiro atoms. The van der Waals surface area contributed by atoms with Crippen molar-refractivity contribution in [1.29, 1.82) is 0 Å². The molecule has 0 bridgehead atoms. The number of amides is 1. The molecule has 2 aromatic carbocycles. The molecule has 0 unspecified atom stereocenters. The number of halogens is 4. The number of ether oxygens (including phenoxy) is 3. The van der Waals surface area contributed by atoms with Crippen molar-refractivity contribution in [2.24, 2.45) is 0 Å². The molecule has 13 nitrogen and oxygen atoms in total. The summed E-state index contributed by atoms with van der Waals surface area (Å²) in [6.45, 7) is 15.0. The Morgan fingerprint density at radius 2 is 1.61 bits per heavy atom. The lowest BCUT2D eigenvalue weighted by Crippen LogP contribution is -2.28. The molecule has 0 radical (unpaired) electrons. The van der Waals surface area contributed by atoms with Crippen molar-refractivity contribution in [1.82, 2.24) is 25.1 Å². The van der Waals surface area contributed by atoms with Gasteiger partial charge in [-0.25, -0.2) is 22.5 Å². The van der Waals surface area contributed by atoms with E-state index in [0.29, 0.717) is 30.2 Å². The largest absolute Gasteiger partial charge is 0.464 e. The third kappa shape index (κ3) is 12.6. The van der Waals surface area contributed by atoms with Gasteiger partial charge in [-0.1, -0.05) is 57.5 Å². The summed E-state index contributed by atoms with van der Waals surface area (Å²) in [5.74, 6) is -1.92. The number of para-hydroxylation sites is 1. The number of benzene rings is 2. The van der Waals surface area contributed by atoms with Gasteiger partial charge >= 0.3 is 6.18 Å². The highest BCUT2D eigenvalue weighted by Gasteiger charge is 2.32. The number of aromatic nitrogens is 4. The van der Waals surface area contributed by atoms with Crippen LogP contribution in [0.4, 0.5) is 29.1 Å². The highest BCUT2D eigenvalue weighted by atomic mass is 32.2. The number of nitrogens with zero attached hydrogens (tertiary/aromatic N) is 5. The molecular weight excluding hydrogens is 863 g/mol. The van der Waals surface area contributed by atoms with Gasteiger partial charge in [-0.15, -0.1) is 0 Å². The zero-order valence-corrected chi connectivity index (χ0v) is 39.4. The van der Waals surface area contributed by atoms with E-state index in [-0.39, 0.29) is 64.2 Å². The first-order valence-corrected chi connectivity index (χ1v) is 28.9. The summed E-state index contributed by atoms with van der Waals surface area (Å²) in [7, 11) is -4.18. The first kappa shape index (κ1) is 48.1. The van der Waals surface area contributed by atoms with E-state index >= 15 is 4.39 Å². The lowest BCUT2D eigenvalue weighted by Gasteiger charge is -2.23. The van der Waals surface area contributed by atoms with Gasteiger partial charge < -0.3 is 24.8 Å². The van der Waals surface area contributed by atoms with Crippen LogP contribution < -0.4 is 19.7 Å². The van der Waals surface area contributed by atoms with Crippen LogP contribution in [0.25, 0.3) is 22.2 Å². The van der Waals surface area contributed by atoms with E-state index in [1.165, 1.54) is 37.1 Å². The Morgan fingerprint density at radius 1 is 0.935 bits per heavy atom. The van der Waals surface area contributed by atoms with E-state index in [2.05, 4.69) is 60.0 Å². The molecule has 2 N–H and O–H groups in total. The fourth-order valence-corrected chi connectivity index (χ4v) is 8.95. The second-order valence-electron chi connectivity index (χ2n) is 17.3. The van der Waals surface area contributed by atoms with Gasteiger partial charge in [0.15, 0.2) is 24.1 Å². The molecule has 336 valence electrons. The Hall–Kier alpha value is -4.90. The SMILES string of the molecule is CNC(=O)c1nn(COCC[Si](C)(C)C)c2cc(-c3cc(F)c(OCOCC[Si](C)(C)C)cc3CC(F)(F)F)nc(NCc3ccccc3N(C)S(=O)(=O)c3ccc(C)nc3)c12. The van der Waals surface area contributed by atoms with Crippen LogP contribution in [0.1, 0.15) is 27.3 Å². The summed E-state index contributed by atoms with van der Waals surface area (Å²) in [5, 5.41) is 10.6. The molecule has 0 saturated heterocycles. The number of alkyl halides is 3. The third-order valence-corrected chi connectivity index (χ3v) is 15.0. The Kier molecular flexibility index (Phi) is 15.3. The highest BCUT2D eigenvalue weighted by molar-refractivity contribution is 7.92. The van der Waals surface area contributed by atoms with Crippen molar-refractivity contribution in [3.63, 3.8) is 0 Å². The highest BCUT2D eigenvalue weighted by Crippen LogP contribution is 2.38. The Bertz CT molecular complexity index is 2480. The maximum Gasteiger partial charge on any atom is 0.393 e. The van der Waals surface area contributed by atoms with Gasteiger partial charge in [0.05, 0.1) is 28.7 Å². The van der Waals surface area contributed by atoms with Gasteiger partial charge in [-0.05, 0) is 66.5 Å². The molecule has 0 aliphatic heterocycles. The number of fused-ring (bicyclic) bond motifs is 1. The number of aryl methyl sites for hydroxylation is 1. The van der Waals surface area contributed by atoms with Crippen LogP contribution >= 0.6 is 0 Å². The summed E-state index contributed by atoms with van der Waals surface area (Å²) in [6.07, 6.45) is -4.87. The maximum atomic E-state index is 15.9. The number of carbonyl (C=O) groups excluding carboxylic acids is 1. The molecule has 3 aromatic heterocycles. The second kappa shape index (κ2) is 19.7. The minimum absolute atomic E-state index is 0.0157. The van der Waals surface area contributed by atoms with Gasteiger partial charge in [-0.3, -0.25) is 14.1 Å². The molecule has 1 amide bonds. The molecule has 0 saturated carbocycles. The van der Waals surface area contributed by atoms with Crippen molar-refractivity contribution < 1.29 is 45.0 Å². The van der Waals surface area contributed by atoms with E-state index in [1.54, 1.807) is 37.3 Å². The zero-order chi connectivity index (χ0) is 45.6. The number of hydrogen-bond donors (Lipinski definition) is 2. The predicted octanol–water partition coefficient (Wildman–Crippen LogP) is 8.85. The minimum atomic E-state index is -4.70. The number of carbonyl (C=O) groups is 1. The molecule has 3 heterocycles. The molecule has 0 aliphatic carbocycles. The Labute approximate surface area is 362 Å². The monoisotopic (exact) mass is 917 g/mol. The van der Waals surface area contributed by atoms with Gasteiger partial charge in [0.25, 0.3) is 15.9 Å². The normalized spacial score (nSPS) is 12.5. The van der Waals surface area contributed by atoms with E-state index in [9.17, 15) is 26.4 Å². The fraction of sp³-hybridized carbons (Fsp3) is 0.429. The predicted molar refractivity (Wildman–Crippen MR) is 238 cm³/mol. The Morgan fingerprint density at radius 3 is 2.24 bits per heavy atom. The van der Waals surface area contributed by atoms with Crippen LogP contribution in [0.5, 0.6) is 5.75 Å². The van der Waals surface area contributed by atoms with Crippen molar-refractivity contribution >= 4 is 54.5 Å². The van der Waals surface area contributed by atoms with Crippen molar-refractivity contribution in [2.45, 2.75) is 89.1 Å². The summed E-state index contributed by atoms with van der Waals surface area (Å²) in [5.41, 5.74) is 1.08. The van der Waals surface area contributed by atoms with Crippen molar-refractivity contribution in [3.05, 3.63) is 89.1 Å². The molecule has 0 atom stereocenters. The standard InChI is InChI=1S/C42H55F4N7O6SSi2/c1-28-14-15-31(25-48-28)60(55,56)52(3)35-13-11-10-12-29(35)24-49-40-38-36(53(51-39(38)41(54)47-2)26-57-16-18-61(4,5)6)22-34(50-40)32-21-33(43)37(20-30(32)23-42(44,45)46)59-27-58-17-19-62(7,8)9/h10-15,20-22,25H,16-19,23-24,26-27H2,1-9H3,(H,47,54)(H,49,50). The Balaban J connectivity index is 1.63. The van der Waals surface area contributed by atoms with Gasteiger partial charge in [0, 0.05) is 67.5 Å². The van der Waals surface area contributed by atoms with Crippen LogP contribution in [0.15, 0.2) is 65.7 Å². The van der Waals surface area contributed by atoms with Crippen LogP contribution in [0, 0.1) is 12.7 Å². The van der Waals surface area contributed by atoms with E-state index in [4.69, 9.17) is 19.2 Å². The number of sulfonamides is 1. The molecule has 20 heteroatoms. The molecule has 0 aliphatic rings. The van der Waals surface area contributed by atoms with Crippen molar-refractivity contribution in [3.8, 4) is 17.0 Å². The van der Waals surface area contributed by atoms with E-state index in [1.807, 2.05) is 0 Å². The number of hydrogen-bond acceptors (Lipinski definition) is 10. The number of anilines is 2. The molecular formula is C42H55F4N7O6SSi2. The molecule has 0 fully saturated rings. The molecule has 62 heavy (non-hydrogen) atoms. The second-order valence-corrected chi connectivity index (χ2v) is 30.5.